The van der Waals surface area contributed by atoms with E-state index in [0.717, 1.165) is 18.7 Å². The summed E-state index contributed by atoms with van der Waals surface area (Å²) in [7, 11) is 0. The van der Waals surface area contributed by atoms with E-state index in [1.54, 1.807) is 0 Å². The predicted molar refractivity (Wildman–Crippen MR) is 63.4 cm³/mol. The molecule has 0 saturated carbocycles. The first-order valence-corrected chi connectivity index (χ1v) is 5.86. The number of rotatable bonds is 3. The molecule has 0 aliphatic rings. The Balaban J connectivity index is 3.10. The van der Waals surface area contributed by atoms with Crippen molar-refractivity contribution in [2.24, 2.45) is 0 Å². The number of aromatic nitrogens is 3. The topological polar surface area (TPSA) is 30.7 Å². The number of nitrogens with zero attached hydrogens (tertiary/aromatic N) is 3. The quantitative estimate of drug-likeness (QED) is 0.793. The molecule has 3 nitrogen and oxygen atoms in total. The predicted octanol–water partition coefficient (Wildman–Crippen LogP) is 3.59. The normalized spacial score (nSPS) is 14.3. The Labute approximate surface area is 96.8 Å². The third kappa shape index (κ3) is 2.71. The molecule has 0 radical (unpaired) electrons. The highest BCUT2D eigenvalue weighted by Gasteiger charge is 2.25. The van der Waals surface area contributed by atoms with Crippen molar-refractivity contribution in [3.8, 4) is 0 Å². The van der Waals surface area contributed by atoms with Crippen molar-refractivity contribution in [2.75, 3.05) is 0 Å². The van der Waals surface area contributed by atoms with E-state index >= 15 is 0 Å². The highest BCUT2D eigenvalue weighted by molar-refractivity contribution is 6.28. The summed E-state index contributed by atoms with van der Waals surface area (Å²) in [5.74, 6) is 0.966. The van der Waals surface area contributed by atoms with E-state index < -0.39 is 0 Å². The number of halogens is 1. The van der Waals surface area contributed by atoms with Crippen LogP contribution in [0.2, 0.25) is 5.28 Å². The molecule has 0 saturated heterocycles. The number of hydrogen-bond donors (Lipinski definition) is 0. The van der Waals surface area contributed by atoms with Crippen molar-refractivity contribution in [1.29, 1.82) is 0 Å². The van der Waals surface area contributed by atoms with E-state index in [0.29, 0.717) is 11.3 Å². The fraction of sp³-hybridized carbons (Fsp3) is 0.818. The molecule has 0 N–H and O–H groups in total. The van der Waals surface area contributed by atoms with Gasteiger partial charge in [-0.05, 0) is 24.9 Å². The van der Waals surface area contributed by atoms with Crippen LogP contribution in [-0.2, 0) is 5.41 Å². The molecule has 1 aromatic rings. The van der Waals surface area contributed by atoms with Gasteiger partial charge in [-0.1, -0.05) is 34.1 Å². The summed E-state index contributed by atoms with van der Waals surface area (Å²) in [6.07, 6.45) is 2.24. The van der Waals surface area contributed by atoms with Gasteiger partial charge in [0, 0.05) is 11.5 Å². The average molecular weight is 230 g/mol. The second kappa shape index (κ2) is 4.52. The second-order valence-electron chi connectivity index (χ2n) is 5.05. The largest absolute Gasteiger partial charge is 0.298 e. The van der Waals surface area contributed by atoms with Gasteiger partial charge in [0.05, 0.1) is 0 Å². The van der Waals surface area contributed by atoms with E-state index in [-0.39, 0.29) is 5.41 Å². The van der Waals surface area contributed by atoms with Crippen molar-refractivity contribution in [1.82, 2.24) is 14.8 Å². The first-order valence-electron chi connectivity index (χ1n) is 5.48. The highest BCUT2D eigenvalue weighted by atomic mass is 35.5. The minimum atomic E-state index is -0.0118. The first-order chi connectivity index (χ1) is 6.88. The lowest BCUT2D eigenvalue weighted by Crippen LogP contribution is -2.21. The molecule has 1 heterocycles. The van der Waals surface area contributed by atoms with Crippen molar-refractivity contribution >= 4 is 11.6 Å². The summed E-state index contributed by atoms with van der Waals surface area (Å²) >= 11 is 6.07. The summed E-state index contributed by atoms with van der Waals surface area (Å²) in [4.78, 5) is 0. The smallest absolute Gasteiger partial charge is 0.225 e. The van der Waals surface area contributed by atoms with Gasteiger partial charge in [-0.25, -0.2) is 0 Å². The van der Waals surface area contributed by atoms with Gasteiger partial charge in [-0.2, -0.15) is 0 Å². The van der Waals surface area contributed by atoms with Crippen LogP contribution < -0.4 is 0 Å². The molecular weight excluding hydrogens is 210 g/mol. The van der Waals surface area contributed by atoms with Crippen molar-refractivity contribution in [3.63, 3.8) is 0 Å². The van der Waals surface area contributed by atoms with Crippen LogP contribution in [0.3, 0.4) is 0 Å². The fourth-order valence-corrected chi connectivity index (χ4v) is 2.01. The van der Waals surface area contributed by atoms with Crippen molar-refractivity contribution in [3.05, 3.63) is 11.1 Å². The van der Waals surface area contributed by atoms with Crippen molar-refractivity contribution in [2.45, 2.75) is 58.9 Å². The molecule has 0 fully saturated rings. The summed E-state index contributed by atoms with van der Waals surface area (Å²) in [6.45, 7) is 10.7. The molecule has 0 amide bonds. The summed E-state index contributed by atoms with van der Waals surface area (Å²) in [6, 6.07) is 0.367. The van der Waals surface area contributed by atoms with Gasteiger partial charge >= 0.3 is 0 Å². The van der Waals surface area contributed by atoms with E-state index in [2.05, 4.69) is 44.8 Å². The van der Waals surface area contributed by atoms with E-state index in [1.807, 2.05) is 4.57 Å². The molecular formula is C11H20ClN3. The van der Waals surface area contributed by atoms with Crippen LogP contribution in [0, 0.1) is 0 Å². The van der Waals surface area contributed by atoms with E-state index in [1.165, 1.54) is 0 Å². The lowest BCUT2D eigenvalue weighted by Gasteiger charge is -2.22. The molecule has 0 aliphatic heterocycles. The lowest BCUT2D eigenvalue weighted by molar-refractivity contribution is 0.431. The SMILES string of the molecule is CCCC(C)n1c(Cl)nnc1C(C)(C)C. The van der Waals surface area contributed by atoms with Crippen LogP contribution in [0.25, 0.3) is 0 Å². The lowest BCUT2D eigenvalue weighted by atomic mass is 9.95. The van der Waals surface area contributed by atoms with Gasteiger partial charge in [0.25, 0.3) is 0 Å². The highest BCUT2D eigenvalue weighted by Crippen LogP contribution is 2.27. The minimum Gasteiger partial charge on any atom is -0.298 e. The molecule has 4 heteroatoms. The zero-order valence-electron chi connectivity index (χ0n) is 10.2. The molecule has 86 valence electrons. The zero-order valence-corrected chi connectivity index (χ0v) is 11.0. The molecule has 0 aromatic carbocycles. The van der Waals surface area contributed by atoms with Crippen LogP contribution in [0.1, 0.15) is 59.3 Å². The fourth-order valence-electron chi connectivity index (χ4n) is 1.72. The Morgan fingerprint density at radius 1 is 1.33 bits per heavy atom. The molecule has 0 bridgehead atoms. The standard InChI is InChI=1S/C11H20ClN3/c1-6-7-8(2)15-9(11(3,4)5)13-14-10(15)12/h8H,6-7H2,1-5H3. The Morgan fingerprint density at radius 2 is 1.93 bits per heavy atom. The van der Waals surface area contributed by atoms with Crippen LogP contribution in [0.15, 0.2) is 0 Å². The maximum absolute atomic E-state index is 6.07. The monoisotopic (exact) mass is 229 g/mol. The Kier molecular flexibility index (Phi) is 3.77. The van der Waals surface area contributed by atoms with Crippen molar-refractivity contribution < 1.29 is 0 Å². The van der Waals surface area contributed by atoms with Gasteiger partial charge in [-0.15, -0.1) is 10.2 Å². The Hall–Kier alpha value is -0.570. The van der Waals surface area contributed by atoms with E-state index in [9.17, 15) is 0 Å². The Morgan fingerprint density at radius 3 is 2.40 bits per heavy atom. The molecule has 0 spiro atoms. The molecule has 15 heavy (non-hydrogen) atoms. The van der Waals surface area contributed by atoms with Gasteiger partial charge in [0.15, 0.2) is 0 Å². The van der Waals surface area contributed by atoms with Crippen LogP contribution >= 0.6 is 11.6 Å². The van der Waals surface area contributed by atoms with Gasteiger partial charge < -0.3 is 0 Å². The maximum atomic E-state index is 6.07. The molecule has 1 rings (SSSR count). The third-order valence-electron chi connectivity index (χ3n) is 2.47. The van der Waals surface area contributed by atoms with Crippen LogP contribution in [0.5, 0.6) is 0 Å². The number of hydrogen-bond acceptors (Lipinski definition) is 2. The summed E-state index contributed by atoms with van der Waals surface area (Å²) < 4.78 is 2.05. The van der Waals surface area contributed by atoms with Gasteiger partial charge in [0.2, 0.25) is 5.28 Å². The summed E-state index contributed by atoms with van der Waals surface area (Å²) in [5.41, 5.74) is -0.0118. The minimum absolute atomic E-state index is 0.0118. The summed E-state index contributed by atoms with van der Waals surface area (Å²) in [5, 5.41) is 8.64. The Bertz CT molecular complexity index is 325. The maximum Gasteiger partial charge on any atom is 0.225 e. The van der Waals surface area contributed by atoms with E-state index in [4.69, 9.17) is 11.6 Å². The third-order valence-corrected chi connectivity index (χ3v) is 2.73. The van der Waals surface area contributed by atoms with Crippen LogP contribution in [-0.4, -0.2) is 14.8 Å². The molecule has 0 aliphatic carbocycles. The average Bonchev–Trinajstić information content (AvgIpc) is 2.46. The molecule has 1 atom stereocenters. The molecule has 1 aromatic heterocycles. The second-order valence-corrected chi connectivity index (χ2v) is 5.39. The first kappa shape index (κ1) is 12.5. The van der Waals surface area contributed by atoms with Crippen LogP contribution in [0.4, 0.5) is 0 Å². The zero-order chi connectivity index (χ0) is 11.6. The molecule has 1 unspecified atom stereocenters. The van der Waals surface area contributed by atoms with Gasteiger partial charge in [0.1, 0.15) is 5.82 Å². The van der Waals surface area contributed by atoms with Gasteiger partial charge in [-0.3, -0.25) is 4.57 Å².